The van der Waals surface area contributed by atoms with Gasteiger partial charge in [0.05, 0.1) is 23.6 Å². The maximum absolute atomic E-state index is 12.0. The van der Waals surface area contributed by atoms with Crippen LogP contribution in [0.2, 0.25) is 5.02 Å². The first-order valence-electron chi connectivity index (χ1n) is 6.96. The van der Waals surface area contributed by atoms with Gasteiger partial charge in [-0.15, -0.1) is 0 Å². The Hall–Kier alpha value is -1.80. The van der Waals surface area contributed by atoms with Crippen molar-refractivity contribution in [3.05, 3.63) is 28.8 Å². The lowest BCUT2D eigenvalue weighted by molar-refractivity contribution is -0.142. The number of sulfonamides is 1. The fourth-order valence-electron chi connectivity index (χ4n) is 1.75. The smallest absolute Gasteiger partial charge is 0.325 e. The lowest BCUT2D eigenvalue weighted by atomic mass is 10.2. The number of carbonyl (C=O) groups is 2. The van der Waals surface area contributed by atoms with Crippen molar-refractivity contribution >= 4 is 39.2 Å². The van der Waals surface area contributed by atoms with E-state index < -0.39 is 21.9 Å². The Morgan fingerprint density at radius 1 is 1.35 bits per heavy atom. The molecule has 0 bridgehead atoms. The molecule has 0 atom stereocenters. The maximum atomic E-state index is 12.0. The second-order valence-electron chi connectivity index (χ2n) is 5.38. The molecule has 0 aliphatic heterocycles. The van der Waals surface area contributed by atoms with Crippen molar-refractivity contribution in [2.75, 3.05) is 24.1 Å². The number of rotatable bonds is 7. The Morgan fingerprint density at radius 2 is 2.04 bits per heavy atom. The topological polar surface area (TPSA) is 102 Å². The predicted molar refractivity (Wildman–Crippen MR) is 85.9 cm³/mol. The third-order valence-electron chi connectivity index (χ3n) is 3.09. The highest BCUT2D eigenvalue weighted by Crippen LogP contribution is 2.28. The highest BCUT2D eigenvalue weighted by Gasteiger charge is 2.23. The Labute approximate surface area is 139 Å². The van der Waals surface area contributed by atoms with E-state index in [9.17, 15) is 18.0 Å². The minimum Gasteiger partial charge on any atom is -0.464 e. The molecule has 0 radical (unpaired) electrons. The van der Waals surface area contributed by atoms with Gasteiger partial charge in [0.2, 0.25) is 10.0 Å². The van der Waals surface area contributed by atoms with Crippen LogP contribution < -0.4 is 10.0 Å². The standard InChI is InChI=1S/C14H17ClN2O5S/c1-23(20,21)17-12-6-10(4-5-11(12)15)14(19)16-7-13(18)22-8-9-2-3-9/h4-6,9,17H,2-3,7-8H2,1H3,(H,16,19). The molecule has 1 aliphatic rings. The summed E-state index contributed by atoms with van der Waals surface area (Å²) in [6.45, 7) is 0.140. The van der Waals surface area contributed by atoms with E-state index in [-0.39, 0.29) is 22.8 Å². The van der Waals surface area contributed by atoms with Gasteiger partial charge in [-0.3, -0.25) is 14.3 Å². The first kappa shape index (κ1) is 17.6. The normalized spacial score (nSPS) is 14.2. The number of amides is 1. The second kappa shape index (κ2) is 7.18. The Balaban J connectivity index is 1.93. The van der Waals surface area contributed by atoms with Gasteiger partial charge in [-0.05, 0) is 37.0 Å². The van der Waals surface area contributed by atoms with Crippen LogP contribution in [-0.4, -0.2) is 39.7 Å². The lowest BCUT2D eigenvalue weighted by Crippen LogP contribution is -2.31. The molecule has 1 aromatic rings. The number of nitrogens with one attached hydrogen (secondary N) is 2. The first-order chi connectivity index (χ1) is 10.7. The van der Waals surface area contributed by atoms with Crippen molar-refractivity contribution in [2.24, 2.45) is 5.92 Å². The molecule has 1 amide bonds. The number of ether oxygens (including phenoxy) is 1. The van der Waals surface area contributed by atoms with Crippen molar-refractivity contribution in [1.82, 2.24) is 5.32 Å². The summed E-state index contributed by atoms with van der Waals surface area (Å²) in [5.41, 5.74) is 0.272. The van der Waals surface area contributed by atoms with E-state index in [0.717, 1.165) is 19.1 Å². The summed E-state index contributed by atoms with van der Waals surface area (Å²) in [7, 11) is -3.52. The SMILES string of the molecule is CS(=O)(=O)Nc1cc(C(=O)NCC(=O)OCC2CC2)ccc1Cl. The lowest BCUT2D eigenvalue weighted by Gasteiger charge is -2.09. The fraction of sp³-hybridized carbons (Fsp3) is 0.429. The average Bonchev–Trinajstić information content (AvgIpc) is 3.27. The van der Waals surface area contributed by atoms with Crippen LogP contribution in [0, 0.1) is 5.92 Å². The Bertz CT molecular complexity index is 716. The van der Waals surface area contributed by atoms with E-state index >= 15 is 0 Å². The van der Waals surface area contributed by atoms with E-state index in [2.05, 4.69) is 10.0 Å². The van der Waals surface area contributed by atoms with Crippen molar-refractivity contribution < 1.29 is 22.7 Å². The molecule has 0 saturated heterocycles. The minimum absolute atomic E-state index is 0.0955. The number of halogens is 1. The molecule has 1 aromatic carbocycles. The van der Waals surface area contributed by atoms with Gasteiger partial charge in [-0.25, -0.2) is 8.42 Å². The zero-order valence-electron chi connectivity index (χ0n) is 12.5. The van der Waals surface area contributed by atoms with Crippen molar-refractivity contribution in [1.29, 1.82) is 0 Å². The summed E-state index contributed by atoms with van der Waals surface area (Å²) in [4.78, 5) is 23.5. The van der Waals surface area contributed by atoms with Crippen molar-refractivity contribution in [3.8, 4) is 0 Å². The molecule has 2 rings (SSSR count). The van der Waals surface area contributed by atoms with E-state index in [4.69, 9.17) is 16.3 Å². The Morgan fingerprint density at radius 3 is 2.65 bits per heavy atom. The summed E-state index contributed by atoms with van der Waals surface area (Å²) in [5, 5.41) is 2.58. The van der Waals surface area contributed by atoms with Crippen LogP contribution in [-0.2, 0) is 19.6 Å². The molecule has 9 heteroatoms. The molecular formula is C14H17ClN2O5S. The monoisotopic (exact) mass is 360 g/mol. The van der Waals surface area contributed by atoms with Crippen molar-refractivity contribution in [3.63, 3.8) is 0 Å². The molecule has 23 heavy (non-hydrogen) atoms. The van der Waals surface area contributed by atoms with Crippen LogP contribution in [0.1, 0.15) is 23.2 Å². The molecule has 0 heterocycles. The highest BCUT2D eigenvalue weighted by molar-refractivity contribution is 7.92. The summed E-state index contributed by atoms with van der Waals surface area (Å²) >= 11 is 5.88. The van der Waals surface area contributed by atoms with Gasteiger partial charge in [0, 0.05) is 5.56 Å². The summed E-state index contributed by atoms with van der Waals surface area (Å²) < 4.78 is 29.7. The quantitative estimate of drug-likeness (QED) is 0.715. The van der Waals surface area contributed by atoms with Gasteiger partial charge < -0.3 is 10.1 Å². The molecule has 1 saturated carbocycles. The van der Waals surface area contributed by atoms with Crippen LogP contribution in [0.25, 0.3) is 0 Å². The van der Waals surface area contributed by atoms with E-state index in [0.29, 0.717) is 12.5 Å². The van der Waals surface area contributed by atoms with E-state index in [1.54, 1.807) is 0 Å². The van der Waals surface area contributed by atoms with Gasteiger partial charge in [-0.2, -0.15) is 0 Å². The minimum atomic E-state index is -3.52. The number of hydrogen-bond donors (Lipinski definition) is 2. The van der Waals surface area contributed by atoms with Crippen LogP contribution in [0.3, 0.4) is 0 Å². The van der Waals surface area contributed by atoms with Gasteiger partial charge in [0.15, 0.2) is 0 Å². The molecule has 7 nitrogen and oxygen atoms in total. The molecule has 1 aliphatic carbocycles. The third kappa shape index (κ3) is 6.07. The number of esters is 1. The first-order valence-corrected chi connectivity index (χ1v) is 9.22. The second-order valence-corrected chi connectivity index (χ2v) is 7.53. The highest BCUT2D eigenvalue weighted by atomic mass is 35.5. The molecular weight excluding hydrogens is 344 g/mol. The maximum Gasteiger partial charge on any atom is 0.325 e. The number of carbonyl (C=O) groups excluding carboxylic acids is 2. The van der Waals surface area contributed by atoms with Crippen LogP contribution in [0.15, 0.2) is 18.2 Å². The predicted octanol–water partition coefficient (Wildman–Crippen LogP) is 1.39. The number of anilines is 1. The summed E-state index contributed by atoms with van der Waals surface area (Å²) in [6.07, 6.45) is 3.12. The zero-order chi connectivity index (χ0) is 17.0. The van der Waals surface area contributed by atoms with Gasteiger partial charge >= 0.3 is 5.97 Å². The fourth-order valence-corrected chi connectivity index (χ4v) is 2.53. The van der Waals surface area contributed by atoms with E-state index in [1.807, 2.05) is 0 Å². The summed E-state index contributed by atoms with van der Waals surface area (Å²) in [6, 6.07) is 4.13. The number of benzene rings is 1. The van der Waals surface area contributed by atoms with Gasteiger partial charge in [-0.1, -0.05) is 11.6 Å². The molecule has 126 valence electrons. The average molecular weight is 361 g/mol. The van der Waals surface area contributed by atoms with Crippen LogP contribution in [0.5, 0.6) is 0 Å². The van der Waals surface area contributed by atoms with Crippen molar-refractivity contribution in [2.45, 2.75) is 12.8 Å². The third-order valence-corrected chi connectivity index (χ3v) is 4.01. The van der Waals surface area contributed by atoms with Gasteiger partial charge in [0.1, 0.15) is 6.54 Å². The molecule has 0 spiro atoms. The van der Waals surface area contributed by atoms with E-state index in [1.165, 1.54) is 18.2 Å². The van der Waals surface area contributed by atoms with Crippen LogP contribution >= 0.6 is 11.6 Å². The van der Waals surface area contributed by atoms with Gasteiger partial charge in [0.25, 0.3) is 5.91 Å². The number of hydrogen-bond acceptors (Lipinski definition) is 5. The Kier molecular flexibility index (Phi) is 5.48. The largest absolute Gasteiger partial charge is 0.464 e. The molecule has 1 fully saturated rings. The summed E-state index contributed by atoms with van der Waals surface area (Å²) in [5.74, 6) is -0.578. The molecule has 0 aromatic heterocycles. The zero-order valence-corrected chi connectivity index (χ0v) is 14.0. The molecule has 2 N–H and O–H groups in total. The molecule has 0 unspecified atom stereocenters. The van der Waals surface area contributed by atoms with Crippen LogP contribution in [0.4, 0.5) is 5.69 Å².